The van der Waals surface area contributed by atoms with E-state index >= 15 is 0 Å². The first-order chi connectivity index (χ1) is 5.38. The van der Waals surface area contributed by atoms with E-state index in [2.05, 4.69) is 22.3 Å². The largest absolute Gasteiger partial charge is 0.359 e. The van der Waals surface area contributed by atoms with Crippen molar-refractivity contribution in [1.29, 1.82) is 0 Å². The summed E-state index contributed by atoms with van der Waals surface area (Å²) in [4.78, 5) is 2.09. The van der Waals surface area contributed by atoms with E-state index in [1.165, 1.54) is 5.69 Å². The molecule has 0 atom stereocenters. The number of benzene rings is 1. The number of fused-ring (bicyclic) bond motifs is 1. The number of hydrogen-bond donors (Lipinski definition) is 1. The molecular weight excluding hydrogens is 136 g/mol. The molecule has 0 saturated heterocycles. The number of hydrogen-bond acceptors (Lipinski definition) is 2. The standard InChI is InChI=1S/C9H10N2.H2/c1-11-7-6-10-8-4-2-3-5-9(8)11;/h2-7,10H,1H3;1H. The second-order valence-corrected chi connectivity index (χ2v) is 2.59. The summed E-state index contributed by atoms with van der Waals surface area (Å²) >= 11 is 0. The topological polar surface area (TPSA) is 15.3 Å². The maximum Gasteiger partial charge on any atom is 0.0643 e. The number of nitrogens with zero attached hydrogens (tertiary/aromatic N) is 1. The van der Waals surface area contributed by atoms with Crippen molar-refractivity contribution >= 4 is 11.4 Å². The van der Waals surface area contributed by atoms with Crippen molar-refractivity contribution in [3.05, 3.63) is 36.7 Å². The fourth-order valence-corrected chi connectivity index (χ4v) is 1.22. The Kier molecular flexibility index (Phi) is 1.32. The highest BCUT2D eigenvalue weighted by Crippen LogP contribution is 2.26. The minimum atomic E-state index is 0. The maximum absolute atomic E-state index is 3.17. The van der Waals surface area contributed by atoms with Crippen molar-refractivity contribution in [2.24, 2.45) is 0 Å². The van der Waals surface area contributed by atoms with Gasteiger partial charge in [-0.1, -0.05) is 12.1 Å². The SMILES string of the molecule is CN1C=CNc2ccccc21.[HH]. The fraction of sp³-hybridized carbons (Fsp3) is 0.111. The third kappa shape index (κ3) is 0.963. The maximum atomic E-state index is 3.17. The molecule has 58 valence electrons. The molecule has 0 spiro atoms. The highest BCUT2D eigenvalue weighted by Gasteiger charge is 2.05. The molecule has 2 heteroatoms. The second-order valence-electron chi connectivity index (χ2n) is 2.59. The Morgan fingerprint density at radius 1 is 1.36 bits per heavy atom. The van der Waals surface area contributed by atoms with E-state index in [4.69, 9.17) is 0 Å². The highest BCUT2D eigenvalue weighted by molar-refractivity contribution is 5.73. The van der Waals surface area contributed by atoms with E-state index in [-0.39, 0.29) is 1.43 Å². The molecule has 1 heterocycles. The van der Waals surface area contributed by atoms with Gasteiger partial charge in [-0.05, 0) is 12.1 Å². The minimum Gasteiger partial charge on any atom is -0.359 e. The predicted molar refractivity (Wildman–Crippen MR) is 49.7 cm³/mol. The van der Waals surface area contributed by atoms with E-state index in [0.717, 1.165) is 5.69 Å². The number of nitrogens with one attached hydrogen (secondary N) is 1. The van der Waals surface area contributed by atoms with Crippen LogP contribution in [0.15, 0.2) is 36.7 Å². The molecule has 2 rings (SSSR count). The van der Waals surface area contributed by atoms with E-state index in [0.29, 0.717) is 0 Å². The quantitative estimate of drug-likeness (QED) is 0.607. The van der Waals surface area contributed by atoms with Gasteiger partial charge < -0.3 is 10.2 Å². The van der Waals surface area contributed by atoms with Crippen molar-refractivity contribution in [1.82, 2.24) is 0 Å². The van der Waals surface area contributed by atoms with E-state index < -0.39 is 0 Å². The molecular formula is C9H12N2. The third-order valence-electron chi connectivity index (χ3n) is 1.82. The average molecular weight is 148 g/mol. The Balaban J connectivity index is 0.000000720. The molecule has 0 amide bonds. The molecule has 0 bridgehead atoms. The second kappa shape index (κ2) is 2.31. The summed E-state index contributed by atoms with van der Waals surface area (Å²) in [6.45, 7) is 0. The van der Waals surface area contributed by atoms with Gasteiger partial charge in [-0.25, -0.2) is 0 Å². The lowest BCUT2D eigenvalue weighted by Gasteiger charge is -2.22. The van der Waals surface area contributed by atoms with E-state index in [1.54, 1.807) is 0 Å². The van der Waals surface area contributed by atoms with Gasteiger partial charge in [0.2, 0.25) is 0 Å². The van der Waals surface area contributed by atoms with Crippen molar-refractivity contribution in [3.63, 3.8) is 0 Å². The van der Waals surface area contributed by atoms with Crippen molar-refractivity contribution < 1.29 is 1.43 Å². The summed E-state index contributed by atoms with van der Waals surface area (Å²) in [5.41, 5.74) is 2.38. The van der Waals surface area contributed by atoms with Crippen LogP contribution in [0.2, 0.25) is 0 Å². The lowest BCUT2D eigenvalue weighted by atomic mass is 10.2. The first-order valence-corrected chi connectivity index (χ1v) is 3.63. The monoisotopic (exact) mass is 148 g/mol. The van der Waals surface area contributed by atoms with Gasteiger partial charge >= 0.3 is 0 Å². The molecule has 1 aliphatic rings. The van der Waals surface area contributed by atoms with Crippen LogP contribution in [-0.4, -0.2) is 7.05 Å². The molecule has 0 unspecified atom stereocenters. The van der Waals surface area contributed by atoms with Gasteiger partial charge in [0.05, 0.1) is 11.4 Å². The first kappa shape index (κ1) is 6.28. The van der Waals surface area contributed by atoms with Gasteiger partial charge in [-0.15, -0.1) is 0 Å². The van der Waals surface area contributed by atoms with Crippen molar-refractivity contribution in [2.45, 2.75) is 0 Å². The van der Waals surface area contributed by atoms with Crippen LogP contribution in [0.25, 0.3) is 0 Å². The van der Waals surface area contributed by atoms with Crippen LogP contribution in [0.3, 0.4) is 0 Å². The van der Waals surface area contributed by atoms with Crippen LogP contribution >= 0.6 is 0 Å². The molecule has 1 N–H and O–H groups in total. The smallest absolute Gasteiger partial charge is 0.0643 e. The fourth-order valence-electron chi connectivity index (χ4n) is 1.22. The molecule has 1 aromatic rings. The Morgan fingerprint density at radius 2 is 2.18 bits per heavy atom. The Labute approximate surface area is 67.6 Å². The molecule has 0 aromatic heterocycles. The Morgan fingerprint density at radius 3 is 3.00 bits per heavy atom. The summed E-state index contributed by atoms with van der Waals surface area (Å²) in [5.74, 6) is 0. The molecule has 0 fully saturated rings. The number of para-hydroxylation sites is 2. The molecule has 1 aliphatic heterocycles. The summed E-state index contributed by atoms with van der Waals surface area (Å²) in [6, 6.07) is 8.22. The van der Waals surface area contributed by atoms with Gasteiger partial charge in [0.15, 0.2) is 0 Å². The molecule has 0 radical (unpaired) electrons. The Bertz CT molecular complexity index is 296. The lowest BCUT2D eigenvalue weighted by molar-refractivity contribution is 1.18. The third-order valence-corrected chi connectivity index (χ3v) is 1.82. The van der Waals surface area contributed by atoms with E-state index in [9.17, 15) is 0 Å². The highest BCUT2D eigenvalue weighted by atomic mass is 15.1. The van der Waals surface area contributed by atoms with Gasteiger partial charge in [-0.3, -0.25) is 0 Å². The predicted octanol–water partition coefficient (Wildman–Crippen LogP) is 2.27. The van der Waals surface area contributed by atoms with Crippen LogP contribution in [-0.2, 0) is 0 Å². The van der Waals surface area contributed by atoms with Crippen LogP contribution in [0.1, 0.15) is 1.43 Å². The average Bonchev–Trinajstić information content (AvgIpc) is 2.06. The molecule has 0 saturated carbocycles. The van der Waals surface area contributed by atoms with Gasteiger partial charge in [0, 0.05) is 20.9 Å². The molecule has 11 heavy (non-hydrogen) atoms. The van der Waals surface area contributed by atoms with Crippen LogP contribution in [0, 0.1) is 0 Å². The molecule has 0 aliphatic carbocycles. The lowest BCUT2D eigenvalue weighted by Crippen LogP contribution is -2.14. The van der Waals surface area contributed by atoms with Crippen LogP contribution in [0.5, 0.6) is 0 Å². The summed E-state index contributed by atoms with van der Waals surface area (Å²) in [6.07, 6.45) is 3.94. The summed E-state index contributed by atoms with van der Waals surface area (Å²) in [5, 5.41) is 3.17. The van der Waals surface area contributed by atoms with Crippen LogP contribution in [0.4, 0.5) is 11.4 Å². The van der Waals surface area contributed by atoms with Gasteiger partial charge in [-0.2, -0.15) is 0 Å². The van der Waals surface area contributed by atoms with Crippen LogP contribution < -0.4 is 10.2 Å². The first-order valence-electron chi connectivity index (χ1n) is 3.63. The van der Waals surface area contributed by atoms with Gasteiger partial charge in [0.25, 0.3) is 0 Å². The number of rotatable bonds is 0. The van der Waals surface area contributed by atoms with Crippen molar-refractivity contribution in [2.75, 3.05) is 17.3 Å². The van der Waals surface area contributed by atoms with E-state index in [1.807, 2.05) is 31.6 Å². The zero-order chi connectivity index (χ0) is 7.68. The number of anilines is 2. The zero-order valence-electron chi connectivity index (χ0n) is 6.41. The summed E-state index contributed by atoms with van der Waals surface area (Å²) in [7, 11) is 2.04. The zero-order valence-corrected chi connectivity index (χ0v) is 6.41. The molecule has 2 nitrogen and oxygen atoms in total. The summed E-state index contributed by atoms with van der Waals surface area (Å²) < 4.78 is 0. The minimum absolute atomic E-state index is 0. The normalized spacial score (nSPS) is 14.1. The molecule has 1 aromatic carbocycles. The Hall–Kier alpha value is -1.44. The van der Waals surface area contributed by atoms with Gasteiger partial charge in [0.1, 0.15) is 0 Å². The van der Waals surface area contributed by atoms with Crippen molar-refractivity contribution in [3.8, 4) is 0 Å².